The van der Waals surface area contributed by atoms with Crippen LogP contribution in [0.15, 0.2) is 16.6 Å². The Bertz CT molecular complexity index is 667. The van der Waals surface area contributed by atoms with E-state index in [1.165, 1.54) is 6.07 Å². The third-order valence-electron chi connectivity index (χ3n) is 4.23. The second kappa shape index (κ2) is 5.86. The Hall–Kier alpha value is -0.650. The minimum absolute atomic E-state index is 0.160. The molecule has 114 valence electrons. The van der Waals surface area contributed by atoms with Gasteiger partial charge in [-0.05, 0) is 40.3 Å². The van der Waals surface area contributed by atoms with Crippen molar-refractivity contribution in [1.82, 2.24) is 9.55 Å². The van der Waals surface area contributed by atoms with Crippen LogP contribution in [0.1, 0.15) is 25.6 Å². The van der Waals surface area contributed by atoms with Crippen LogP contribution in [-0.4, -0.2) is 22.8 Å². The summed E-state index contributed by atoms with van der Waals surface area (Å²) in [5.41, 5.74) is 1.74. The molecule has 0 amide bonds. The summed E-state index contributed by atoms with van der Waals surface area (Å²) in [6.45, 7) is 4.67. The first kappa shape index (κ1) is 15.3. The number of hydrogen-bond acceptors (Lipinski definition) is 2. The van der Waals surface area contributed by atoms with Gasteiger partial charge in [0.15, 0.2) is 0 Å². The van der Waals surface area contributed by atoms with Crippen LogP contribution in [0.5, 0.6) is 0 Å². The lowest BCUT2D eigenvalue weighted by Gasteiger charge is -2.34. The molecule has 0 spiro atoms. The molecule has 2 heterocycles. The molecule has 2 aromatic rings. The number of imidazole rings is 1. The molecule has 1 aromatic carbocycles. The largest absolute Gasteiger partial charge is 0.381 e. The summed E-state index contributed by atoms with van der Waals surface area (Å²) < 4.78 is 21.7. The van der Waals surface area contributed by atoms with Crippen molar-refractivity contribution in [2.75, 3.05) is 13.2 Å². The minimum atomic E-state index is -0.300. The molecule has 0 N–H and O–H groups in total. The second-order valence-electron chi connectivity index (χ2n) is 5.93. The number of alkyl halides is 1. The van der Waals surface area contributed by atoms with Crippen molar-refractivity contribution in [1.29, 1.82) is 0 Å². The van der Waals surface area contributed by atoms with Gasteiger partial charge < -0.3 is 9.30 Å². The first-order chi connectivity index (χ1) is 10.0. The molecular formula is C15H17BrClFN2O. The molecule has 0 bridgehead atoms. The van der Waals surface area contributed by atoms with Gasteiger partial charge in [0, 0.05) is 25.8 Å². The maximum atomic E-state index is 13.7. The van der Waals surface area contributed by atoms with Gasteiger partial charge in [0.05, 0.1) is 21.4 Å². The Morgan fingerprint density at radius 2 is 2.14 bits per heavy atom. The Balaban J connectivity index is 2.05. The smallest absolute Gasteiger partial charge is 0.139 e. The van der Waals surface area contributed by atoms with Gasteiger partial charge in [-0.15, -0.1) is 11.6 Å². The molecule has 0 unspecified atom stereocenters. The molecule has 21 heavy (non-hydrogen) atoms. The fourth-order valence-electron chi connectivity index (χ4n) is 2.85. The van der Waals surface area contributed by atoms with Gasteiger partial charge in [-0.1, -0.05) is 6.92 Å². The standard InChI is InChI=1S/C15H17BrClFN2O/c1-15(2-4-21-5-3-15)9-20-13-6-10(16)11(18)7-12(13)19-14(20)8-17/h6-7H,2-5,8-9H2,1H3. The number of benzene rings is 1. The van der Waals surface area contributed by atoms with E-state index in [-0.39, 0.29) is 11.2 Å². The van der Waals surface area contributed by atoms with E-state index in [1.54, 1.807) is 6.07 Å². The van der Waals surface area contributed by atoms with Crippen molar-refractivity contribution in [2.45, 2.75) is 32.2 Å². The number of fused-ring (bicyclic) bond motifs is 1. The van der Waals surface area contributed by atoms with Crippen molar-refractivity contribution in [2.24, 2.45) is 5.41 Å². The predicted octanol–water partition coefficient (Wildman–Crippen LogP) is 4.49. The fourth-order valence-corrected chi connectivity index (χ4v) is 3.39. The highest BCUT2D eigenvalue weighted by Crippen LogP contribution is 2.34. The maximum Gasteiger partial charge on any atom is 0.139 e. The van der Waals surface area contributed by atoms with Crippen LogP contribution in [0.25, 0.3) is 11.0 Å². The van der Waals surface area contributed by atoms with Crippen LogP contribution < -0.4 is 0 Å². The van der Waals surface area contributed by atoms with Crippen molar-refractivity contribution in [3.63, 3.8) is 0 Å². The van der Waals surface area contributed by atoms with E-state index < -0.39 is 0 Å². The summed E-state index contributed by atoms with van der Waals surface area (Å²) in [6, 6.07) is 3.24. The average Bonchev–Trinajstić information content (AvgIpc) is 2.77. The lowest BCUT2D eigenvalue weighted by atomic mass is 9.82. The van der Waals surface area contributed by atoms with Gasteiger partial charge in [0.1, 0.15) is 11.6 Å². The minimum Gasteiger partial charge on any atom is -0.381 e. The van der Waals surface area contributed by atoms with Gasteiger partial charge in [0.2, 0.25) is 0 Å². The number of aromatic nitrogens is 2. The monoisotopic (exact) mass is 374 g/mol. The summed E-state index contributed by atoms with van der Waals surface area (Å²) in [7, 11) is 0. The van der Waals surface area contributed by atoms with Crippen LogP contribution in [-0.2, 0) is 17.2 Å². The Kier molecular flexibility index (Phi) is 4.26. The highest BCUT2D eigenvalue weighted by molar-refractivity contribution is 9.10. The molecule has 3 nitrogen and oxygen atoms in total. The van der Waals surface area contributed by atoms with E-state index in [4.69, 9.17) is 16.3 Å². The molecule has 0 atom stereocenters. The van der Waals surface area contributed by atoms with Crippen molar-refractivity contribution in [3.8, 4) is 0 Å². The van der Waals surface area contributed by atoms with Gasteiger partial charge in [0.25, 0.3) is 0 Å². The summed E-state index contributed by atoms with van der Waals surface area (Å²) in [4.78, 5) is 4.47. The van der Waals surface area contributed by atoms with Gasteiger partial charge >= 0.3 is 0 Å². The van der Waals surface area contributed by atoms with Crippen LogP contribution in [0.4, 0.5) is 4.39 Å². The van der Waals surface area contributed by atoms with E-state index in [2.05, 4.69) is 32.4 Å². The summed E-state index contributed by atoms with van der Waals surface area (Å²) in [5, 5.41) is 0. The summed E-state index contributed by atoms with van der Waals surface area (Å²) >= 11 is 9.28. The normalized spacial score (nSPS) is 18.3. The zero-order valence-corrected chi connectivity index (χ0v) is 14.2. The molecule has 1 aromatic heterocycles. The number of ether oxygens (including phenoxy) is 1. The van der Waals surface area contributed by atoms with Gasteiger partial charge in [-0.25, -0.2) is 9.37 Å². The molecule has 1 fully saturated rings. The second-order valence-corrected chi connectivity index (χ2v) is 7.05. The lowest BCUT2D eigenvalue weighted by molar-refractivity contribution is 0.0157. The zero-order valence-electron chi connectivity index (χ0n) is 11.8. The highest BCUT2D eigenvalue weighted by Gasteiger charge is 2.29. The van der Waals surface area contributed by atoms with Gasteiger partial charge in [-0.2, -0.15) is 0 Å². The Morgan fingerprint density at radius 1 is 1.43 bits per heavy atom. The van der Waals surface area contributed by atoms with Crippen LogP contribution >= 0.6 is 27.5 Å². The van der Waals surface area contributed by atoms with E-state index in [0.29, 0.717) is 15.9 Å². The quantitative estimate of drug-likeness (QED) is 0.739. The molecule has 1 aliphatic heterocycles. The van der Waals surface area contributed by atoms with E-state index in [1.807, 2.05) is 0 Å². The first-order valence-corrected chi connectivity index (χ1v) is 8.33. The Labute approximate surface area is 136 Å². The molecule has 0 saturated carbocycles. The third kappa shape index (κ3) is 2.96. The zero-order chi connectivity index (χ0) is 15.0. The van der Waals surface area contributed by atoms with Crippen molar-refractivity contribution < 1.29 is 9.13 Å². The third-order valence-corrected chi connectivity index (χ3v) is 5.08. The average molecular weight is 376 g/mol. The number of halogens is 3. The van der Waals surface area contributed by atoms with E-state index in [0.717, 1.165) is 43.9 Å². The van der Waals surface area contributed by atoms with E-state index >= 15 is 0 Å². The van der Waals surface area contributed by atoms with Gasteiger partial charge in [-0.3, -0.25) is 0 Å². The topological polar surface area (TPSA) is 27.1 Å². The molecule has 1 aliphatic rings. The molecular weight excluding hydrogens is 359 g/mol. The molecule has 0 radical (unpaired) electrons. The van der Waals surface area contributed by atoms with E-state index in [9.17, 15) is 4.39 Å². The number of nitrogens with zero attached hydrogens (tertiary/aromatic N) is 2. The molecule has 3 rings (SSSR count). The van der Waals surface area contributed by atoms with Crippen molar-refractivity contribution in [3.05, 3.63) is 28.2 Å². The maximum absolute atomic E-state index is 13.7. The van der Waals surface area contributed by atoms with Crippen LogP contribution in [0.2, 0.25) is 0 Å². The van der Waals surface area contributed by atoms with Crippen molar-refractivity contribution >= 4 is 38.6 Å². The van der Waals surface area contributed by atoms with Crippen LogP contribution in [0.3, 0.4) is 0 Å². The molecule has 0 aliphatic carbocycles. The summed E-state index contributed by atoms with van der Waals surface area (Å²) in [6.07, 6.45) is 2.02. The summed E-state index contributed by atoms with van der Waals surface area (Å²) in [5.74, 6) is 0.808. The van der Waals surface area contributed by atoms with Crippen LogP contribution in [0, 0.1) is 11.2 Å². The Morgan fingerprint density at radius 3 is 2.81 bits per heavy atom. The number of hydrogen-bond donors (Lipinski definition) is 0. The highest BCUT2D eigenvalue weighted by atomic mass is 79.9. The fraction of sp³-hybridized carbons (Fsp3) is 0.533. The molecule has 6 heteroatoms. The lowest BCUT2D eigenvalue weighted by Crippen LogP contribution is -2.31. The SMILES string of the molecule is CC1(Cn2c(CCl)nc3cc(F)c(Br)cc32)CCOCC1. The number of rotatable bonds is 3. The predicted molar refractivity (Wildman–Crippen MR) is 85.1 cm³/mol. The molecule has 1 saturated heterocycles. The first-order valence-electron chi connectivity index (χ1n) is 7.00.